The zero-order chi connectivity index (χ0) is 16.2. The monoisotopic (exact) mass is 321 g/mol. The van der Waals surface area contributed by atoms with Gasteiger partial charge in [0.05, 0.1) is 0 Å². The van der Waals surface area contributed by atoms with Crippen molar-refractivity contribution in [2.75, 3.05) is 50.8 Å². The number of hydrogen-bond donors (Lipinski definition) is 1. The molecule has 2 aliphatic rings. The number of hydrogen-bond acceptors (Lipinski definition) is 4. The highest BCUT2D eigenvalue weighted by Gasteiger charge is 2.29. The molecule has 0 bridgehead atoms. The number of piperidine rings is 1. The lowest BCUT2D eigenvalue weighted by molar-refractivity contribution is -0.136. The van der Waals surface area contributed by atoms with Crippen LogP contribution in [0.2, 0.25) is 0 Å². The number of likely N-dealkylation sites (tertiary alicyclic amines) is 1. The van der Waals surface area contributed by atoms with E-state index in [0.717, 1.165) is 57.8 Å². The van der Waals surface area contributed by atoms with Crippen LogP contribution >= 0.6 is 0 Å². The number of aliphatic hydroxyl groups is 1. The van der Waals surface area contributed by atoms with E-state index in [1.165, 1.54) is 12.1 Å². The fourth-order valence-corrected chi connectivity index (χ4v) is 3.58. The van der Waals surface area contributed by atoms with Gasteiger partial charge in [0.1, 0.15) is 12.4 Å². The first-order valence-electron chi connectivity index (χ1n) is 8.30. The minimum absolute atomic E-state index is 0.167. The first-order chi connectivity index (χ1) is 11.2. The first-order valence-corrected chi connectivity index (χ1v) is 8.30. The molecule has 1 amide bonds. The Morgan fingerprint density at radius 3 is 2.48 bits per heavy atom. The van der Waals surface area contributed by atoms with Gasteiger partial charge in [0.2, 0.25) is 5.91 Å². The van der Waals surface area contributed by atoms with Crippen LogP contribution in [0.5, 0.6) is 0 Å². The second-order valence-corrected chi connectivity index (χ2v) is 6.29. The molecule has 1 N–H and O–H groups in total. The van der Waals surface area contributed by atoms with E-state index in [1.54, 1.807) is 4.90 Å². The van der Waals surface area contributed by atoms with Crippen LogP contribution in [0.1, 0.15) is 12.8 Å². The minimum atomic E-state index is -0.398. The summed E-state index contributed by atoms with van der Waals surface area (Å²) in [6.45, 7) is 4.80. The maximum atomic E-state index is 13.0. The lowest BCUT2D eigenvalue weighted by Crippen LogP contribution is -2.56. The number of piperazine rings is 1. The van der Waals surface area contributed by atoms with Gasteiger partial charge in [-0.3, -0.25) is 9.69 Å². The van der Waals surface area contributed by atoms with Gasteiger partial charge in [-0.2, -0.15) is 0 Å². The molecule has 1 aromatic rings. The SMILES string of the molecule is O=C(CO)N1CCC[C@H](N2CCN(c3ccc(F)cc3)CC2)C1. The highest BCUT2D eigenvalue weighted by molar-refractivity contribution is 5.77. The number of anilines is 1. The summed E-state index contributed by atoms with van der Waals surface area (Å²) in [5, 5.41) is 9.03. The normalized spacial score (nSPS) is 23.1. The van der Waals surface area contributed by atoms with Crippen LogP contribution in [0, 0.1) is 5.82 Å². The molecule has 0 spiro atoms. The third-order valence-electron chi connectivity index (χ3n) is 4.91. The van der Waals surface area contributed by atoms with Crippen molar-refractivity contribution in [3.05, 3.63) is 30.1 Å². The number of aliphatic hydroxyl groups excluding tert-OH is 1. The topological polar surface area (TPSA) is 47.0 Å². The third-order valence-corrected chi connectivity index (χ3v) is 4.91. The van der Waals surface area contributed by atoms with Gasteiger partial charge in [-0.15, -0.1) is 0 Å². The predicted molar refractivity (Wildman–Crippen MR) is 86.9 cm³/mol. The molecule has 2 heterocycles. The summed E-state index contributed by atoms with van der Waals surface area (Å²) in [5.74, 6) is -0.372. The number of carbonyl (C=O) groups is 1. The second-order valence-electron chi connectivity index (χ2n) is 6.29. The molecule has 23 heavy (non-hydrogen) atoms. The number of benzene rings is 1. The van der Waals surface area contributed by atoms with Gasteiger partial charge in [0.25, 0.3) is 0 Å². The van der Waals surface area contributed by atoms with E-state index in [2.05, 4.69) is 9.80 Å². The van der Waals surface area contributed by atoms with Gasteiger partial charge in [0, 0.05) is 51.0 Å². The second kappa shape index (κ2) is 7.27. The molecule has 3 rings (SSSR count). The van der Waals surface area contributed by atoms with E-state index in [4.69, 9.17) is 5.11 Å². The molecule has 2 aliphatic heterocycles. The zero-order valence-electron chi connectivity index (χ0n) is 13.3. The van der Waals surface area contributed by atoms with Gasteiger partial charge < -0.3 is 14.9 Å². The van der Waals surface area contributed by atoms with Crippen molar-refractivity contribution < 1.29 is 14.3 Å². The maximum absolute atomic E-state index is 13.0. The average molecular weight is 321 g/mol. The molecule has 0 aromatic heterocycles. The van der Waals surface area contributed by atoms with E-state index in [9.17, 15) is 9.18 Å². The highest BCUT2D eigenvalue weighted by Crippen LogP contribution is 2.21. The highest BCUT2D eigenvalue weighted by atomic mass is 19.1. The molecule has 0 saturated carbocycles. The molecule has 2 saturated heterocycles. The lowest BCUT2D eigenvalue weighted by Gasteiger charge is -2.43. The molecule has 0 unspecified atom stereocenters. The van der Waals surface area contributed by atoms with Gasteiger partial charge in [-0.25, -0.2) is 4.39 Å². The van der Waals surface area contributed by atoms with Gasteiger partial charge in [-0.05, 0) is 37.1 Å². The van der Waals surface area contributed by atoms with Crippen molar-refractivity contribution >= 4 is 11.6 Å². The number of carbonyl (C=O) groups excluding carboxylic acids is 1. The molecular weight excluding hydrogens is 297 g/mol. The number of rotatable bonds is 3. The van der Waals surface area contributed by atoms with Crippen LogP contribution in [0.4, 0.5) is 10.1 Å². The van der Waals surface area contributed by atoms with Crippen LogP contribution in [-0.2, 0) is 4.79 Å². The predicted octanol–water partition coefficient (Wildman–Crippen LogP) is 0.931. The summed E-state index contributed by atoms with van der Waals surface area (Å²) in [6, 6.07) is 7.04. The smallest absolute Gasteiger partial charge is 0.248 e. The maximum Gasteiger partial charge on any atom is 0.248 e. The van der Waals surface area contributed by atoms with E-state index >= 15 is 0 Å². The molecular formula is C17H24FN3O2. The summed E-state index contributed by atoms with van der Waals surface area (Å²) in [6.07, 6.45) is 2.10. The Morgan fingerprint density at radius 1 is 1.13 bits per heavy atom. The Kier molecular flexibility index (Phi) is 5.13. The Morgan fingerprint density at radius 2 is 1.83 bits per heavy atom. The van der Waals surface area contributed by atoms with Crippen LogP contribution in [-0.4, -0.2) is 72.7 Å². The summed E-state index contributed by atoms with van der Waals surface area (Å²) >= 11 is 0. The zero-order valence-corrected chi connectivity index (χ0v) is 13.3. The van der Waals surface area contributed by atoms with E-state index in [1.807, 2.05) is 12.1 Å². The number of nitrogens with zero attached hydrogens (tertiary/aromatic N) is 3. The van der Waals surface area contributed by atoms with E-state index in [0.29, 0.717) is 6.04 Å². The van der Waals surface area contributed by atoms with Crippen molar-refractivity contribution in [3.8, 4) is 0 Å². The van der Waals surface area contributed by atoms with Crippen LogP contribution in [0.25, 0.3) is 0 Å². The fourth-order valence-electron chi connectivity index (χ4n) is 3.58. The quantitative estimate of drug-likeness (QED) is 0.900. The number of halogens is 1. The van der Waals surface area contributed by atoms with Crippen molar-refractivity contribution in [1.29, 1.82) is 0 Å². The minimum Gasteiger partial charge on any atom is -0.387 e. The number of amides is 1. The summed E-state index contributed by atoms with van der Waals surface area (Å²) in [7, 11) is 0. The third kappa shape index (κ3) is 3.82. The Balaban J connectivity index is 1.54. The fraction of sp³-hybridized carbons (Fsp3) is 0.588. The lowest BCUT2D eigenvalue weighted by atomic mass is 10.0. The summed E-state index contributed by atoms with van der Waals surface area (Å²) < 4.78 is 13.0. The van der Waals surface area contributed by atoms with Crippen LogP contribution < -0.4 is 4.90 Å². The molecule has 5 nitrogen and oxygen atoms in total. The molecule has 2 fully saturated rings. The molecule has 126 valence electrons. The molecule has 0 radical (unpaired) electrons. The molecule has 1 aromatic carbocycles. The molecule has 6 heteroatoms. The van der Waals surface area contributed by atoms with Gasteiger partial charge in [0.15, 0.2) is 0 Å². The van der Waals surface area contributed by atoms with Crippen molar-refractivity contribution in [2.45, 2.75) is 18.9 Å². The van der Waals surface area contributed by atoms with Crippen LogP contribution in [0.3, 0.4) is 0 Å². The van der Waals surface area contributed by atoms with Crippen molar-refractivity contribution in [3.63, 3.8) is 0 Å². The average Bonchev–Trinajstić information content (AvgIpc) is 2.62. The van der Waals surface area contributed by atoms with Gasteiger partial charge >= 0.3 is 0 Å². The Labute approximate surface area is 136 Å². The van der Waals surface area contributed by atoms with E-state index in [-0.39, 0.29) is 11.7 Å². The van der Waals surface area contributed by atoms with Crippen molar-refractivity contribution in [2.24, 2.45) is 0 Å². The van der Waals surface area contributed by atoms with Crippen molar-refractivity contribution in [1.82, 2.24) is 9.80 Å². The standard InChI is InChI=1S/C17H24FN3O2/c18-14-3-5-15(6-4-14)19-8-10-20(11-9-19)16-2-1-7-21(12-16)17(23)13-22/h3-6,16,22H,1-2,7-13H2/t16-/m0/s1. The first kappa shape index (κ1) is 16.2. The Bertz CT molecular complexity index is 529. The van der Waals surface area contributed by atoms with Crippen LogP contribution in [0.15, 0.2) is 24.3 Å². The molecule has 1 atom stereocenters. The largest absolute Gasteiger partial charge is 0.387 e. The van der Waals surface area contributed by atoms with Gasteiger partial charge in [-0.1, -0.05) is 0 Å². The summed E-state index contributed by atoms with van der Waals surface area (Å²) in [5.41, 5.74) is 1.06. The Hall–Kier alpha value is -1.66. The van der Waals surface area contributed by atoms with E-state index < -0.39 is 6.61 Å². The summed E-state index contributed by atoms with van der Waals surface area (Å²) in [4.78, 5) is 18.2. The molecule has 0 aliphatic carbocycles.